The minimum atomic E-state index is 0. The van der Waals surface area contributed by atoms with Crippen LogP contribution in [-0.4, -0.2) is 5.33 Å². The van der Waals surface area contributed by atoms with E-state index in [1.54, 1.807) is 0 Å². The molecule has 0 heterocycles. The van der Waals surface area contributed by atoms with Gasteiger partial charge in [0.15, 0.2) is 0 Å². The molecular formula is C4H10Br2. The van der Waals surface area contributed by atoms with Gasteiger partial charge in [0.1, 0.15) is 0 Å². The SMILES string of the molecule is Br.CCCCBr. The van der Waals surface area contributed by atoms with Crippen molar-refractivity contribution in [2.24, 2.45) is 0 Å². The third kappa shape index (κ3) is 8.88. The lowest BCUT2D eigenvalue weighted by Gasteiger charge is -1.77. The van der Waals surface area contributed by atoms with Crippen LogP contribution in [0.1, 0.15) is 19.8 Å². The molecule has 0 atom stereocenters. The number of hydrogen-bond acceptors (Lipinski definition) is 0. The Morgan fingerprint density at radius 1 is 1.50 bits per heavy atom. The molecule has 40 valence electrons. The molecule has 0 aromatic rings. The Balaban J connectivity index is 0. The van der Waals surface area contributed by atoms with Crippen LogP contribution in [0.2, 0.25) is 0 Å². The van der Waals surface area contributed by atoms with Crippen molar-refractivity contribution < 1.29 is 0 Å². The molecule has 6 heavy (non-hydrogen) atoms. The first kappa shape index (κ1) is 10.0. The Morgan fingerprint density at radius 2 is 2.00 bits per heavy atom. The largest absolute Gasteiger partial charge is 0.114 e. The number of rotatable bonds is 2. The molecule has 2 heteroatoms. The van der Waals surface area contributed by atoms with Crippen LogP contribution in [0.5, 0.6) is 0 Å². The van der Waals surface area contributed by atoms with Gasteiger partial charge in [0, 0.05) is 5.33 Å². The summed E-state index contributed by atoms with van der Waals surface area (Å²) in [4.78, 5) is 0. The second-order valence-corrected chi connectivity index (χ2v) is 1.84. The maximum Gasteiger partial charge on any atom is 0.00312 e. The number of alkyl halides is 1. The second-order valence-electron chi connectivity index (χ2n) is 1.04. The zero-order valence-electron chi connectivity index (χ0n) is 3.91. The molecule has 0 aromatic heterocycles. The van der Waals surface area contributed by atoms with Crippen molar-refractivity contribution in [2.45, 2.75) is 19.8 Å². The van der Waals surface area contributed by atoms with Gasteiger partial charge in [0.05, 0.1) is 0 Å². The molecule has 0 spiro atoms. The molecular weight excluding hydrogens is 208 g/mol. The van der Waals surface area contributed by atoms with Crippen LogP contribution < -0.4 is 0 Å². The summed E-state index contributed by atoms with van der Waals surface area (Å²) in [7, 11) is 0. The van der Waals surface area contributed by atoms with Crippen molar-refractivity contribution in [1.29, 1.82) is 0 Å². The normalized spacial score (nSPS) is 7.00. The van der Waals surface area contributed by atoms with E-state index in [0.717, 1.165) is 5.33 Å². The van der Waals surface area contributed by atoms with Gasteiger partial charge in [-0.25, -0.2) is 0 Å². The summed E-state index contributed by atoms with van der Waals surface area (Å²) in [6, 6.07) is 0. The van der Waals surface area contributed by atoms with Crippen molar-refractivity contribution in [3.8, 4) is 0 Å². The second kappa shape index (κ2) is 9.35. The van der Waals surface area contributed by atoms with E-state index in [4.69, 9.17) is 0 Å². The molecule has 0 rings (SSSR count). The van der Waals surface area contributed by atoms with Gasteiger partial charge < -0.3 is 0 Å². The lowest BCUT2D eigenvalue weighted by molar-refractivity contribution is 0.902. The van der Waals surface area contributed by atoms with E-state index >= 15 is 0 Å². The van der Waals surface area contributed by atoms with Crippen LogP contribution in [0.4, 0.5) is 0 Å². The van der Waals surface area contributed by atoms with Gasteiger partial charge in [0.2, 0.25) is 0 Å². The van der Waals surface area contributed by atoms with Gasteiger partial charge in [-0.15, -0.1) is 17.0 Å². The summed E-state index contributed by atoms with van der Waals surface area (Å²) < 4.78 is 0. The minimum Gasteiger partial charge on any atom is -0.114 e. The molecule has 0 nitrogen and oxygen atoms in total. The topological polar surface area (TPSA) is 0 Å². The van der Waals surface area contributed by atoms with Crippen LogP contribution in [0, 0.1) is 0 Å². The van der Waals surface area contributed by atoms with Crippen LogP contribution in [0.25, 0.3) is 0 Å². The third-order valence-corrected chi connectivity index (χ3v) is 1.05. The molecule has 0 N–H and O–H groups in total. The molecule has 0 aliphatic heterocycles. The highest BCUT2D eigenvalue weighted by Crippen LogP contribution is 1.89. The first-order chi connectivity index (χ1) is 2.41. The van der Waals surface area contributed by atoms with Gasteiger partial charge >= 0.3 is 0 Å². The highest BCUT2D eigenvalue weighted by Gasteiger charge is 1.69. The fraction of sp³-hybridized carbons (Fsp3) is 1.00. The van der Waals surface area contributed by atoms with Gasteiger partial charge in [-0.05, 0) is 6.42 Å². The predicted octanol–water partition coefficient (Wildman–Crippen LogP) is 2.76. The Morgan fingerprint density at radius 3 is 2.00 bits per heavy atom. The highest BCUT2D eigenvalue weighted by molar-refractivity contribution is 9.09. The van der Waals surface area contributed by atoms with Crippen molar-refractivity contribution in [3.63, 3.8) is 0 Å². The monoisotopic (exact) mass is 216 g/mol. The lowest BCUT2D eigenvalue weighted by Crippen LogP contribution is -1.64. The van der Waals surface area contributed by atoms with E-state index < -0.39 is 0 Å². The smallest absolute Gasteiger partial charge is 0.00312 e. The van der Waals surface area contributed by atoms with Crippen LogP contribution in [-0.2, 0) is 0 Å². The van der Waals surface area contributed by atoms with E-state index in [9.17, 15) is 0 Å². The Hall–Kier alpha value is 0.960. The summed E-state index contributed by atoms with van der Waals surface area (Å²) in [6.07, 6.45) is 2.60. The predicted molar refractivity (Wildman–Crippen MR) is 39.0 cm³/mol. The zero-order valence-corrected chi connectivity index (χ0v) is 7.21. The molecule has 0 aliphatic rings. The number of hydrogen-bond donors (Lipinski definition) is 0. The van der Waals surface area contributed by atoms with Gasteiger partial charge in [-0.3, -0.25) is 0 Å². The van der Waals surface area contributed by atoms with E-state index in [1.165, 1.54) is 12.8 Å². The summed E-state index contributed by atoms with van der Waals surface area (Å²) in [6.45, 7) is 2.18. The van der Waals surface area contributed by atoms with Gasteiger partial charge in [0.25, 0.3) is 0 Å². The molecule has 0 radical (unpaired) electrons. The molecule has 0 aliphatic carbocycles. The average molecular weight is 218 g/mol. The molecule has 0 saturated heterocycles. The zero-order chi connectivity index (χ0) is 4.12. The Kier molecular flexibility index (Phi) is 15.7. The fourth-order valence-electron chi connectivity index (χ4n) is 0.134. The average Bonchev–Trinajstić information content (AvgIpc) is 1.41. The quantitative estimate of drug-likeness (QED) is 0.625. The summed E-state index contributed by atoms with van der Waals surface area (Å²) >= 11 is 3.31. The van der Waals surface area contributed by atoms with Gasteiger partial charge in [-0.1, -0.05) is 29.3 Å². The highest BCUT2D eigenvalue weighted by atomic mass is 79.9. The summed E-state index contributed by atoms with van der Waals surface area (Å²) in [5.41, 5.74) is 0. The first-order valence-corrected chi connectivity index (χ1v) is 3.10. The number of halogens is 2. The third-order valence-electron chi connectivity index (χ3n) is 0.487. The van der Waals surface area contributed by atoms with Crippen molar-refractivity contribution in [3.05, 3.63) is 0 Å². The van der Waals surface area contributed by atoms with Gasteiger partial charge in [-0.2, -0.15) is 0 Å². The number of unbranched alkanes of at least 4 members (excludes halogenated alkanes) is 1. The first-order valence-electron chi connectivity index (χ1n) is 1.97. The molecule has 0 amide bonds. The Bertz CT molecular complexity index is 13.0. The standard InChI is InChI=1S/C4H9Br.BrH/c1-2-3-4-5;/h2-4H2,1H3;1H. The molecule has 0 unspecified atom stereocenters. The Labute approximate surface area is 58.2 Å². The molecule has 0 bridgehead atoms. The maximum absolute atomic E-state index is 3.31. The van der Waals surface area contributed by atoms with Crippen LogP contribution in [0.3, 0.4) is 0 Å². The van der Waals surface area contributed by atoms with Crippen molar-refractivity contribution in [1.82, 2.24) is 0 Å². The fourth-order valence-corrected chi connectivity index (χ4v) is 0.694. The van der Waals surface area contributed by atoms with E-state index in [2.05, 4.69) is 22.9 Å². The van der Waals surface area contributed by atoms with E-state index in [1.807, 2.05) is 0 Å². The van der Waals surface area contributed by atoms with Crippen molar-refractivity contribution in [2.75, 3.05) is 5.33 Å². The molecule has 0 fully saturated rings. The van der Waals surface area contributed by atoms with Crippen LogP contribution in [0.15, 0.2) is 0 Å². The van der Waals surface area contributed by atoms with E-state index in [-0.39, 0.29) is 17.0 Å². The summed E-state index contributed by atoms with van der Waals surface area (Å²) in [5.74, 6) is 0. The molecule has 0 saturated carbocycles. The maximum atomic E-state index is 3.31. The molecule has 0 aromatic carbocycles. The van der Waals surface area contributed by atoms with Crippen LogP contribution >= 0.6 is 32.9 Å². The lowest BCUT2D eigenvalue weighted by atomic mass is 10.4. The van der Waals surface area contributed by atoms with Crippen molar-refractivity contribution >= 4 is 32.9 Å². The summed E-state index contributed by atoms with van der Waals surface area (Å²) in [5, 5.41) is 1.16. The van der Waals surface area contributed by atoms with E-state index in [0.29, 0.717) is 0 Å². The minimum absolute atomic E-state index is 0.